The predicted octanol–water partition coefficient (Wildman–Crippen LogP) is -1.20. The molecule has 3 rings (SSSR count). The Morgan fingerprint density at radius 2 is 1.67 bits per heavy atom. The molecule has 0 amide bonds. The Morgan fingerprint density at radius 1 is 1.00 bits per heavy atom. The fraction of sp³-hybridized carbons (Fsp3) is 0.333. The van der Waals surface area contributed by atoms with Crippen LogP contribution < -0.4 is 10.4 Å². The topological polar surface area (TPSA) is 196 Å². The molecule has 162 valence electrons. The molecule has 12 heteroatoms. The van der Waals surface area contributed by atoms with Gasteiger partial charge >= 0.3 is 11.6 Å². The normalized spacial score (nSPS) is 26.2. The Balaban J connectivity index is 1.67. The third-order valence-electron chi connectivity index (χ3n) is 4.28. The van der Waals surface area contributed by atoms with Gasteiger partial charge in [-0.1, -0.05) is 0 Å². The van der Waals surface area contributed by atoms with Gasteiger partial charge in [0.2, 0.25) is 6.29 Å². The summed E-state index contributed by atoms with van der Waals surface area (Å²) in [5.74, 6) is -3.37. The molecule has 1 saturated heterocycles. The van der Waals surface area contributed by atoms with Gasteiger partial charge in [-0.3, -0.25) is 0 Å². The summed E-state index contributed by atoms with van der Waals surface area (Å²) in [5.41, 5.74) is -0.945. The number of carbonyl (C=O) groups is 1. The Kier molecular flexibility index (Phi) is 6.12. The number of carbonyl (C=O) groups excluding carboxylic acids is 1. The van der Waals surface area contributed by atoms with E-state index in [4.69, 9.17) is 14.2 Å². The number of aliphatic hydroxyl groups excluding tert-OH is 3. The molecule has 1 aromatic carbocycles. The Bertz CT molecular complexity index is 926. The highest BCUT2D eigenvalue weighted by atomic mass is 16.7. The number of hydrogen-bond donors (Lipinski definition) is 6. The molecule has 12 nitrogen and oxygen atoms in total. The Labute approximate surface area is 167 Å². The van der Waals surface area contributed by atoms with Crippen LogP contribution in [0.3, 0.4) is 0 Å². The summed E-state index contributed by atoms with van der Waals surface area (Å²) in [6, 6.07) is 3.99. The summed E-state index contributed by atoms with van der Waals surface area (Å²) in [4.78, 5) is 23.1. The van der Waals surface area contributed by atoms with Crippen molar-refractivity contribution in [2.24, 2.45) is 0 Å². The second kappa shape index (κ2) is 8.59. The zero-order chi connectivity index (χ0) is 22.0. The van der Waals surface area contributed by atoms with Gasteiger partial charge in [-0.15, -0.1) is 0 Å². The highest BCUT2D eigenvalue weighted by Gasteiger charge is 2.45. The number of phenols is 3. The van der Waals surface area contributed by atoms with Crippen LogP contribution in [0.1, 0.15) is 10.4 Å². The van der Waals surface area contributed by atoms with E-state index >= 15 is 0 Å². The van der Waals surface area contributed by atoms with E-state index in [0.29, 0.717) is 0 Å². The van der Waals surface area contributed by atoms with Crippen LogP contribution in [0.15, 0.2) is 39.7 Å². The molecular formula is C18H18O12. The summed E-state index contributed by atoms with van der Waals surface area (Å²) in [7, 11) is 0. The first kappa shape index (κ1) is 21.4. The van der Waals surface area contributed by atoms with Crippen molar-refractivity contribution in [2.45, 2.75) is 30.7 Å². The van der Waals surface area contributed by atoms with Crippen molar-refractivity contribution in [3.05, 3.63) is 46.5 Å². The van der Waals surface area contributed by atoms with Gasteiger partial charge < -0.3 is 49.3 Å². The number of aliphatic hydroxyl groups is 3. The lowest BCUT2D eigenvalue weighted by atomic mass is 9.99. The highest BCUT2D eigenvalue weighted by Crippen LogP contribution is 2.35. The molecule has 0 unspecified atom stereocenters. The third kappa shape index (κ3) is 4.46. The first-order valence-corrected chi connectivity index (χ1v) is 8.54. The molecule has 2 heterocycles. The summed E-state index contributed by atoms with van der Waals surface area (Å²) >= 11 is 0. The van der Waals surface area contributed by atoms with Crippen LogP contribution >= 0.6 is 0 Å². The average molecular weight is 426 g/mol. The number of hydrogen-bond acceptors (Lipinski definition) is 12. The predicted molar refractivity (Wildman–Crippen MR) is 94.0 cm³/mol. The maximum Gasteiger partial charge on any atom is 0.338 e. The largest absolute Gasteiger partial charge is 0.504 e. The molecule has 0 spiro atoms. The molecule has 0 bridgehead atoms. The van der Waals surface area contributed by atoms with Crippen LogP contribution in [0.5, 0.6) is 23.0 Å². The lowest BCUT2D eigenvalue weighted by molar-refractivity contribution is -0.277. The van der Waals surface area contributed by atoms with E-state index in [1.54, 1.807) is 0 Å². The minimum absolute atomic E-state index is 0.00646. The number of benzene rings is 1. The van der Waals surface area contributed by atoms with Gasteiger partial charge in [0.15, 0.2) is 23.0 Å². The van der Waals surface area contributed by atoms with Crippen LogP contribution in [0, 0.1) is 0 Å². The fourth-order valence-corrected chi connectivity index (χ4v) is 2.66. The number of rotatable bonds is 5. The fourth-order valence-electron chi connectivity index (χ4n) is 2.66. The van der Waals surface area contributed by atoms with Crippen molar-refractivity contribution in [3.8, 4) is 23.0 Å². The SMILES string of the molecule is O=C(OC[C@H]1O[C@@H](Oc2ccc(=O)oc2)[C@H](O)[C@@H](O)[C@@H]1O)c1cc(O)c(O)c(O)c1. The van der Waals surface area contributed by atoms with Crippen LogP contribution in [0.25, 0.3) is 0 Å². The maximum absolute atomic E-state index is 12.1. The summed E-state index contributed by atoms with van der Waals surface area (Å²) in [5, 5.41) is 58.4. The first-order valence-electron chi connectivity index (χ1n) is 8.54. The Morgan fingerprint density at radius 3 is 2.27 bits per heavy atom. The van der Waals surface area contributed by atoms with Crippen molar-refractivity contribution >= 4 is 5.97 Å². The van der Waals surface area contributed by atoms with Gasteiger partial charge in [0, 0.05) is 6.07 Å². The maximum atomic E-state index is 12.1. The molecule has 6 N–H and O–H groups in total. The van der Waals surface area contributed by atoms with Gasteiger partial charge in [0.1, 0.15) is 37.3 Å². The summed E-state index contributed by atoms with van der Waals surface area (Å²) < 4.78 is 20.2. The van der Waals surface area contributed by atoms with Gasteiger partial charge in [-0.2, -0.15) is 0 Å². The van der Waals surface area contributed by atoms with Crippen LogP contribution in [0.4, 0.5) is 0 Å². The van der Waals surface area contributed by atoms with E-state index in [2.05, 4.69) is 4.42 Å². The lowest BCUT2D eigenvalue weighted by Crippen LogP contribution is -2.60. The van der Waals surface area contributed by atoms with E-state index in [1.165, 1.54) is 6.07 Å². The van der Waals surface area contributed by atoms with Crippen molar-refractivity contribution in [3.63, 3.8) is 0 Å². The van der Waals surface area contributed by atoms with Gasteiger partial charge in [0.05, 0.1) is 5.56 Å². The third-order valence-corrected chi connectivity index (χ3v) is 4.28. The van der Waals surface area contributed by atoms with Crippen molar-refractivity contribution < 1.29 is 54.1 Å². The van der Waals surface area contributed by atoms with Crippen LogP contribution in [-0.2, 0) is 9.47 Å². The molecule has 1 aliphatic rings. The minimum atomic E-state index is -1.72. The molecule has 5 atom stereocenters. The zero-order valence-corrected chi connectivity index (χ0v) is 15.1. The van der Waals surface area contributed by atoms with E-state index < -0.39 is 66.2 Å². The van der Waals surface area contributed by atoms with Crippen LogP contribution in [0.2, 0.25) is 0 Å². The van der Waals surface area contributed by atoms with Gasteiger partial charge in [-0.05, 0) is 18.2 Å². The zero-order valence-electron chi connectivity index (χ0n) is 15.1. The van der Waals surface area contributed by atoms with Crippen molar-refractivity contribution in [2.75, 3.05) is 6.61 Å². The molecule has 0 saturated carbocycles. The van der Waals surface area contributed by atoms with Gasteiger partial charge in [-0.25, -0.2) is 9.59 Å². The van der Waals surface area contributed by atoms with E-state index in [0.717, 1.165) is 24.5 Å². The molecular weight excluding hydrogens is 408 g/mol. The smallest absolute Gasteiger partial charge is 0.338 e. The van der Waals surface area contributed by atoms with Gasteiger partial charge in [0.25, 0.3) is 0 Å². The molecule has 30 heavy (non-hydrogen) atoms. The Hall–Kier alpha value is -3.32. The molecule has 1 aliphatic heterocycles. The summed E-state index contributed by atoms with van der Waals surface area (Å²) in [6.07, 6.45) is -6.92. The van der Waals surface area contributed by atoms with E-state index in [9.17, 15) is 40.2 Å². The molecule has 2 aromatic rings. The van der Waals surface area contributed by atoms with Crippen LogP contribution in [-0.4, -0.2) is 73.9 Å². The second-order valence-corrected chi connectivity index (χ2v) is 6.38. The first-order chi connectivity index (χ1) is 14.2. The molecule has 1 aromatic heterocycles. The molecule has 0 radical (unpaired) electrons. The highest BCUT2D eigenvalue weighted by molar-refractivity contribution is 5.91. The number of ether oxygens (including phenoxy) is 3. The molecule has 1 fully saturated rings. The minimum Gasteiger partial charge on any atom is -0.504 e. The number of phenolic OH excluding ortho intramolecular Hbond substituents is 3. The van der Waals surface area contributed by atoms with Crippen molar-refractivity contribution in [1.82, 2.24) is 0 Å². The van der Waals surface area contributed by atoms with E-state index in [1.807, 2.05) is 0 Å². The quantitative estimate of drug-likeness (QED) is 0.247. The standard InChI is InChI=1S/C18H18O12/c19-9-3-7(4-10(20)13(9)22)17(26)28-6-11-14(23)15(24)16(25)18(30-11)29-8-1-2-12(21)27-5-8/h1-5,11,14-16,18-20,22-25H,6H2/t11-,14-,15+,16-,18-/m1/s1. The van der Waals surface area contributed by atoms with E-state index in [-0.39, 0.29) is 11.3 Å². The number of aromatic hydroxyl groups is 3. The average Bonchev–Trinajstić information content (AvgIpc) is 2.72. The second-order valence-electron chi connectivity index (χ2n) is 6.38. The molecule has 0 aliphatic carbocycles. The lowest BCUT2D eigenvalue weighted by Gasteiger charge is -2.39. The van der Waals surface area contributed by atoms with Crippen molar-refractivity contribution in [1.29, 1.82) is 0 Å². The monoisotopic (exact) mass is 426 g/mol. The summed E-state index contributed by atoms with van der Waals surface area (Å²) in [6.45, 7) is -0.601. The number of esters is 1.